The molecule has 0 spiro atoms. The molecule has 0 aliphatic carbocycles. The Hall–Kier alpha value is -1.09. The number of benzene rings is 1. The maximum atomic E-state index is 4.34. The number of halogens is 1. The third-order valence-corrected chi connectivity index (χ3v) is 2.84. The first-order valence-corrected chi connectivity index (χ1v) is 5.28. The van der Waals surface area contributed by atoms with Crippen molar-refractivity contribution in [1.82, 2.24) is 9.78 Å². The summed E-state index contributed by atoms with van der Waals surface area (Å²) in [6, 6.07) is 10.2. The highest BCUT2D eigenvalue weighted by atomic mass is 79.9. The summed E-state index contributed by atoms with van der Waals surface area (Å²) in [6.07, 6.45) is 1.99. The van der Waals surface area contributed by atoms with Crippen molar-refractivity contribution in [3.63, 3.8) is 0 Å². The maximum Gasteiger partial charge on any atom is 0.0670 e. The molecular weight excluding hydrogens is 240 g/mol. The number of rotatable bonds is 2. The molecule has 14 heavy (non-hydrogen) atoms. The first-order chi connectivity index (χ1) is 6.75. The molecule has 1 aromatic heterocycles. The minimum absolute atomic E-state index is 0.815. The molecule has 0 aliphatic rings. The van der Waals surface area contributed by atoms with Gasteiger partial charge in [0.1, 0.15) is 0 Å². The van der Waals surface area contributed by atoms with Gasteiger partial charge in [0, 0.05) is 10.7 Å². The number of hydrogen-bond acceptors (Lipinski definition) is 1. The van der Waals surface area contributed by atoms with E-state index in [0.29, 0.717) is 0 Å². The number of aryl methyl sites for hydroxylation is 1. The van der Waals surface area contributed by atoms with Gasteiger partial charge in [-0.05, 0) is 24.6 Å². The molecule has 2 aromatic rings. The first-order valence-electron chi connectivity index (χ1n) is 4.49. The van der Waals surface area contributed by atoms with Crippen molar-refractivity contribution in [2.45, 2.75) is 13.5 Å². The molecule has 2 rings (SSSR count). The van der Waals surface area contributed by atoms with Crippen LogP contribution in [-0.2, 0) is 6.54 Å². The van der Waals surface area contributed by atoms with E-state index in [1.807, 2.05) is 42.1 Å². The fraction of sp³-hybridized carbons (Fsp3) is 0.182. The molecule has 0 unspecified atom stereocenters. The standard InChI is InChI=1S/C11H11BrN2/c1-9-6-7-14(13-9)8-10-4-2-3-5-11(10)12/h2-7H,8H2,1H3. The first kappa shape index (κ1) is 9.46. The maximum absolute atomic E-state index is 4.34. The second-order valence-corrected chi connectivity index (χ2v) is 4.10. The lowest BCUT2D eigenvalue weighted by Gasteiger charge is -2.03. The van der Waals surface area contributed by atoms with Gasteiger partial charge in [-0.1, -0.05) is 34.1 Å². The predicted molar refractivity (Wildman–Crippen MR) is 60.2 cm³/mol. The second kappa shape index (κ2) is 3.96. The van der Waals surface area contributed by atoms with E-state index in [1.165, 1.54) is 5.56 Å². The van der Waals surface area contributed by atoms with Gasteiger partial charge in [-0.15, -0.1) is 0 Å². The summed E-state index contributed by atoms with van der Waals surface area (Å²) in [4.78, 5) is 0. The smallest absolute Gasteiger partial charge is 0.0670 e. The van der Waals surface area contributed by atoms with Crippen LogP contribution in [0, 0.1) is 6.92 Å². The topological polar surface area (TPSA) is 17.8 Å². The summed E-state index contributed by atoms with van der Waals surface area (Å²) in [5.41, 5.74) is 2.30. The Labute approximate surface area is 91.7 Å². The van der Waals surface area contributed by atoms with E-state index in [0.717, 1.165) is 16.7 Å². The third-order valence-electron chi connectivity index (χ3n) is 2.06. The van der Waals surface area contributed by atoms with E-state index in [1.54, 1.807) is 0 Å². The van der Waals surface area contributed by atoms with Crippen LogP contribution in [0.3, 0.4) is 0 Å². The van der Waals surface area contributed by atoms with E-state index >= 15 is 0 Å². The fourth-order valence-corrected chi connectivity index (χ4v) is 1.76. The zero-order chi connectivity index (χ0) is 9.97. The highest BCUT2D eigenvalue weighted by molar-refractivity contribution is 9.10. The van der Waals surface area contributed by atoms with Gasteiger partial charge >= 0.3 is 0 Å². The molecule has 1 heterocycles. The van der Waals surface area contributed by atoms with Crippen molar-refractivity contribution < 1.29 is 0 Å². The largest absolute Gasteiger partial charge is 0.268 e. The van der Waals surface area contributed by atoms with E-state index in [9.17, 15) is 0 Å². The van der Waals surface area contributed by atoms with Gasteiger partial charge in [-0.2, -0.15) is 5.10 Å². The van der Waals surface area contributed by atoms with Crippen molar-refractivity contribution >= 4 is 15.9 Å². The number of nitrogens with zero attached hydrogens (tertiary/aromatic N) is 2. The van der Waals surface area contributed by atoms with Gasteiger partial charge in [0.15, 0.2) is 0 Å². The van der Waals surface area contributed by atoms with Crippen LogP contribution in [0.25, 0.3) is 0 Å². The van der Waals surface area contributed by atoms with E-state index in [-0.39, 0.29) is 0 Å². The molecule has 0 fully saturated rings. The Morgan fingerprint density at radius 2 is 2.07 bits per heavy atom. The highest BCUT2D eigenvalue weighted by Gasteiger charge is 2.00. The molecule has 1 aromatic carbocycles. The molecular formula is C11H11BrN2. The molecule has 2 nitrogen and oxygen atoms in total. The molecule has 0 bridgehead atoms. The average molecular weight is 251 g/mol. The second-order valence-electron chi connectivity index (χ2n) is 3.25. The van der Waals surface area contributed by atoms with E-state index < -0.39 is 0 Å². The predicted octanol–water partition coefficient (Wildman–Crippen LogP) is 3.00. The van der Waals surface area contributed by atoms with E-state index in [2.05, 4.69) is 27.1 Å². The Bertz CT molecular complexity index is 434. The lowest BCUT2D eigenvalue weighted by molar-refractivity contribution is 0.678. The third kappa shape index (κ3) is 2.04. The van der Waals surface area contributed by atoms with Crippen LogP contribution in [0.5, 0.6) is 0 Å². The molecule has 0 radical (unpaired) electrons. The molecule has 0 N–H and O–H groups in total. The molecule has 3 heteroatoms. The van der Waals surface area contributed by atoms with Crippen LogP contribution in [0.2, 0.25) is 0 Å². The van der Waals surface area contributed by atoms with Crippen molar-refractivity contribution in [3.05, 3.63) is 52.3 Å². The SMILES string of the molecule is Cc1ccn(Cc2ccccc2Br)n1. The van der Waals surface area contributed by atoms with Gasteiger partial charge in [-0.3, -0.25) is 4.68 Å². The molecule has 0 aliphatic heterocycles. The van der Waals surface area contributed by atoms with Crippen molar-refractivity contribution in [2.24, 2.45) is 0 Å². The number of hydrogen-bond donors (Lipinski definition) is 0. The zero-order valence-electron chi connectivity index (χ0n) is 7.94. The minimum Gasteiger partial charge on any atom is -0.268 e. The Kier molecular flexibility index (Phi) is 2.68. The molecule has 0 atom stereocenters. The van der Waals surface area contributed by atoms with Gasteiger partial charge < -0.3 is 0 Å². The van der Waals surface area contributed by atoms with Crippen LogP contribution in [0.1, 0.15) is 11.3 Å². The van der Waals surface area contributed by atoms with Crippen LogP contribution in [-0.4, -0.2) is 9.78 Å². The molecule has 0 amide bonds. The average Bonchev–Trinajstić information content (AvgIpc) is 2.56. The highest BCUT2D eigenvalue weighted by Crippen LogP contribution is 2.16. The van der Waals surface area contributed by atoms with Crippen LogP contribution in [0.15, 0.2) is 41.0 Å². The van der Waals surface area contributed by atoms with Crippen molar-refractivity contribution in [2.75, 3.05) is 0 Å². The van der Waals surface area contributed by atoms with Crippen LogP contribution in [0.4, 0.5) is 0 Å². The van der Waals surface area contributed by atoms with E-state index in [4.69, 9.17) is 0 Å². The summed E-state index contributed by atoms with van der Waals surface area (Å²) in [5.74, 6) is 0. The molecule has 0 saturated carbocycles. The Morgan fingerprint density at radius 1 is 1.29 bits per heavy atom. The Morgan fingerprint density at radius 3 is 2.71 bits per heavy atom. The lowest BCUT2D eigenvalue weighted by Crippen LogP contribution is -2.00. The number of aromatic nitrogens is 2. The quantitative estimate of drug-likeness (QED) is 0.802. The fourth-order valence-electron chi connectivity index (χ4n) is 1.35. The van der Waals surface area contributed by atoms with Crippen LogP contribution >= 0.6 is 15.9 Å². The lowest BCUT2D eigenvalue weighted by atomic mass is 10.2. The summed E-state index contributed by atoms with van der Waals surface area (Å²) in [5, 5.41) is 4.34. The van der Waals surface area contributed by atoms with Gasteiger partial charge in [0.2, 0.25) is 0 Å². The summed E-state index contributed by atoms with van der Waals surface area (Å²) in [6.45, 7) is 2.81. The summed E-state index contributed by atoms with van der Waals surface area (Å²) >= 11 is 3.52. The monoisotopic (exact) mass is 250 g/mol. The molecule has 72 valence electrons. The minimum atomic E-state index is 0.815. The molecule has 0 saturated heterocycles. The van der Waals surface area contributed by atoms with Crippen molar-refractivity contribution in [1.29, 1.82) is 0 Å². The normalized spacial score (nSPS) is 10.4. The summed E-state index contributed by atoms with van der Waals surface area (Å²) < 4.78 is 3.07. The van der Waals surface area contributed by atoms with Gasteiger partial charge in [-0.25, -0.2) is 0 Å². The van der Waals surface area contributed by atoms with Crippen LogP contribution < -0.4 is 0 Å². The van der Waals surface area contributed by atoms with Gasteiger partial charge in [0.05, 0.1) is 12.2 Å². The Balaban J connectivity index is 2.23. The van der Waals surface area contributed by atoms with Gasteiger partial charge in [0.25, 0.3) is 0 Å². The zero-order valence-corrected chi connectivity index (χ0v) is 9.53. The summed E-state index contributed by atoms with van der Waals surface area (Å²) in [7, 11) is 0. The van der Waals surface area contributed by atoms with Crippen molar-refractivity contribution in [3.8, 4) is 0 Å².